The second-order valence-corrected chi connectivity index (χ2v) is 3.36. The molecule has 2 heterocycles. The number of nitrogens with zero attached hydrogens (tertiary/aromatic N) is 3. The quantitative estimate of drug-likeness (QED) is 0.655. The van der Waals surface area contributed by atoms with E-state index in [-0.39, 0.29) is 18.6 Å². The van der Waals surface area contributed by atoms with Crippen LogP contribution in [-0.4, -0.2) is 28.5 Å². The van der Waals surface area contributed by atoms with E-state index in [9.17, 15) is 4.79 Å². The summed E-state index contributed by atoms with van der Waals surface area (Å²) in [6.45, 7) is 3.95. The predicted molar refractivity (Wildman–Crippen MR) is 50.1 cm³/mol. The van der Waals surface area contributed by atoms with Crippen LogP contribution in [-0.2, 0) is 4.79 Å². The fraction of sp³-hybridized carbons (Fsp3) is 0.444. The number of carbonyl (C=O) groups excluding carboxylic acids is 1. The Kier molecular flexibility index (Phi) is 2.07. The molecule has 1 amide bonds. The summed E-state index contributed by atoms with van der Waals surface area (Å²) in [6, 6.07) is 0.0834. The van der Waals surface area contributed by atoms with E-state index in [0.717, 1.165) is 0 Å². The third-order valence-corrected chi connectivity index (χ3v) is 2.02. The van der Waals surface area contributed by atoms with Gasteiger partial charge in [-0.05, 0) is 13.8 Å². The van der Waals surface area contributed by atoms with E-state index in [0.29, 0.717) is 11.6 Å². The van der Waals surface area contributed by atoms with Crippen LogP contribution in [0, 0.1) is 0 Å². The average Bonchev–Trinajstić information content (AvgIpc) is 2.17. The first-order valence-electron chi connectivity index (χ1n) is 4.45. The molecule has 14 heavy (non-hydrogen) atoms. The highest BCUT2D eigenvalue weighted by atomic mass is 16.5. The van der Waals surface area contributed by atoms with Crippen molar-refractivity contribution in [1.82, 2.24) is 9.97 Å². The molecule has 0 atom stereocenters. The molecular weight excluding hydrogens is 182 g/mol. The molecule has 5 heteroatoms. The van der Waals surface area contributed by atoms with Crippen LogP contribution in [0.25, 0.3) is 0 Å². The van der Waals surface area contributed by atoms with Crippen LogP contribution in [0.3, 0.4) is 0 Å². The Labute approximate surface area is 81.7 Å². The number of aromatic nitrogens is 2. The molecule has 1 aromatic rings. The van der Waals surface area contributed by atoms with Gasteiger partial charge < -0.3 is 4.74 Å². The van der Waals surface area contributed by atoms with Crippen molar-refractivity contribution >= 4 is 11.7 Å². The van der Waals surface area contributed by atoms with Crippen molar-refractivity contribution in [3.8, 4) is 5.75 Å². The zero-order chi connectivity index (χ0) is 10.1. The van der Waals surface area contributed by atoms with Gasteiger partial charge in [0.05, 0.1) is 6.20 Å². The van der Waals surface area contributed by atoms with Gasteiger partial charge in [-0.25, -0.2) is 9.97 Å². The van der Waals surface area contributed by atoms with Crippen molar-refractivity contribution in [2.24, 2.45) is 0 Å². The smallest absolute Gasteiger partial charge is 0.266 e. The molecule has 0 bridgehead atoms. The minimum Gasteiger partial charge on any atom is -0.478 e. The number of amides is 1. The van der Waals surface area contributed by atoms with Crippen molar-refractivity contribution in [3.63, 3.8) is 0 Å². The molecule has 0 fully saturated rings. The summed E-state index contributed by atoms with van der Waals surface area (Å²) >= 11 is 0. The van der Waals surface area contributed by atoms with E-state index in [1.807, 2.05) is 13.8 Å². The van der Waals surface area contributed by atoms with Gasteiger partial charge in [0, 0.05) is 6.04 Å². The normalized spacial score (nSPS) is 15.4. The number of anilines is 1. The lowest BCUT2D eigenvalue weighted by atomic mass is 10.2. The monoisotopic (exact) mass is 193 g/mol. The molecule has 0 saturated carbocycles. The van der Waals surface area contributed by atoms with E-state index in [4.69, 9.17) is 4.74 Å². The molecule has 2 rings (SSSR count). The molecule has 5 nitrogen and oxygen atoms in total. The maximum atomic E-state index is 11.5. The van der Waals surface area contributed by atoms with Crippen LogP contribution in [0.4, 0.5) is 5.82 Å². The van der Waals surface area contributed by atoms with Gasteiger partial charge in [0.25, 0.3) is 5.91 Å². The van der Waals surface area contributed by atoms with E-state index in [2.05, 4.69) is 9.97 Å². The van der Waals surface area contributed by atoms with Crippen LogP contribution in [0.1, 0.15) is 13.8 Å². The van der Waals surface area contributed by atoms with Crippen LogP contribution in [0.2, 0.25) is 0 Å². The lowest BCUT2D eigenvalue weighted by molar-refractivity contribution is -0.121. The van der Waals surface area contributed by atoms with Crippen LogP contribution >= 0.6 is 0 Å². The molecule has 74 valence electrons. The first-order chi connectivity index (χ1) is 6.70. The average molecular weight is 193 g/mol. The summed E-state index contributed by atoms with van der Waals surface area (Å²) < 4.78 is 5.20. The molecule has 1 aromatic heterocycles. The lowest BCUT2D eigenvalue weighted by Gasteiger charge is -2.30. The SMILES string of the molecule is CC(C)N1C(=O)COc2cncnc21. The zero-order valence-corrected chi connectivity index (χ0v) is 8.10. The second kappa shape index (κ2) is 3.25. The summed E-state index contributed by atoms with van der Waals surface area (Å²) in [5.74, 6) is 1.07. The summed E-state index contributed by atoms with van der Waals surface area (Å²) in [5, 5.41) is 0. The Bertz CT molecular complexity index is 365. The number of ether oxygens (including phenoxy) is 1. The van der Waals surface area contributed by atoms with Crippen LogP contribution in [0.15, 0.2) is 12.5 Å². The maximum Gasteiger partial charge on any atom is 0.266 e. The topological polar surface area (TPSA) is 55.3 Å². The summed E-state index contributed by atoms with van der Waals surface area (Å²) in [6.07, 6.45) is 2.99. The second-order valence-electron chi connectivity index (χ2n) is 3.36. The minimum absolute atomic E-state index is 0.0637. The van der Waals surface area contributed by atoms with Crippen LogP contribution in [0.5, 0.6) is 5.75 Å². The zero-order valence-electron chi connectivity index (χ0n) is 8.10. The highest BCUT2D eigenvalue weighted by molar-refractivity contribution is 5.96. The summed E-state index contributed by atoms with van der Waals surface area (Å²) in [4.78, 5) is 21.0. The van der Waals surface area contributed by atoms with E-state index in [1.54, 1.807) is 11.1 Å². The summed E-state index contributed by atoms with van der Waals surface area (Å²) in [5.41, 5.74) is 0. The molecule has 0 unspecified atom stereocenters. The lowest BCUT2D eigenvalue weighted by Crippen LogP contribution is -2.43. The first-order valence-corrected chi connectivity index (χ1v) is 4.45. The van der Waals surface area contributed by atoms with Gasteiger partial charge in [-0.3, -0.25) is 9.69 Å². The third kappa shape index (κ3) is 1.30. The van der Waals surface area contributed by atoms with E-state index < -0.39 is 0 Å². The maximum absolute atomic E-state index is 11.5. The molecule has 1 aliphatic rings. The van der Waals surface area contributed by atoms with Crippen LogP contribution < -0.4 is 9.64 Å². The van der Waals surface area contributed by atoms with Gasteiger partial charge >= 0.3 is 0 Å². The van der Waals surface area contributed by atoms with Crippen molar-refractivity contribution in [1.29, 1.82) is 0 Å². The fourth-order valence-corrected chi connectivity index (χ4v) is 1.45. The number of carbonyl (C=O) groups is 1. The Morgan fingerprint density at radius 2 is 2.36 bits per heavy atom. The van der Waals surface area contributed by atoms with Crippen molar-refractivity contribution < 1.29 is 9.53 Å². The molecule has 0 aliphatic carbocycles. The van der Waals surface area contributed by atoms with E-state index in [1.165, 1.54) is 6.33 Å². The third-order valence-electron chi connectivity index (χ3n) is 2.02. The molecule has 0 radical (unpaired) electrons. The Morgan fingerprint density at radius 3 is 3.07 bits per heavy atom. The number of hydrogen-bond donors (Lipinski definition) is 0. The molecule has 0 spiro atoms. The van der Waals surface area contributed by atoms with Gasteiger partial charge in [0.2, 0.25) is 0 Å². The minimum atomic E-state index is -0.0637. The van der Waals surface area contributed by atoms with E-state index >= 15 is 0 Å². The van der Waals surface area contributed by atoms with Crippen molar-refractivity contribution in [3.05, 3.63) is 12.5 Å². The predicted octanol–water partition coefficient (Wildman–Crippen LogP) is 0.610. The molecular formula is C9H11N3O2. The standard InChI is InChI=1S/C9H11N3O2/c1-6(2)12-8(13)4-14-7-3-10-5-11-9(7)12/h3,5-6H,4H2,1-2H3. The molecule has 1 aliphatic heterocycles. The number of hydrogen-bond acceptors (Lipinski definition) is 4. The number of rotatable bonds is 1. The van der Waals surface area contributed by atoms with Gasteiger partial charge in [-0.2, -0.15) is 0 Å². The summed E-state index contributed by atoms with van der Waals surface area (Å²) in [7, 11) is 0. The fourth-order valence-electron chi connectivity index (χ4n) is 1.45. The highest BCUT2D eigenvalue weighted by Gasteiger charge is 2.28. The molecule has 0 saturated heterocycles. The van der Waals surface area contributed by atoms with Gasteiger partial charge in [0.1, 0.15) is 6.33 Å². The highest BCUT2D eigenvalue weighted by Crippen LogP contribution is 2.29. The number of fused-ring (bicyclic) bond motifs is 1. The molecule has 0 N–H and O–H groups in total. The van der Waals surface area contributed by atoms with Crippen molar-refractivity contribution in [2.45, 2.75) is 19.9 Å². The largest absolute Gasteiger partial charge is 0.478 e. The Morgan fingerprint density at radius 1 is 1.57 bits per heavy atom. The van der Waals surface area contributed by atoms with Gasteiger partial charge in [-0.15, -0.1) is 0 Å². The Balaban J connectivity index is 2.46. The van der Waals surface area contributed by atoms with Gasteiger partial charge in [0.15, 0.2) is 18.2 Å². The molecule has 0 aromatic carbocycles. The van der Waals surface area contributed by atoms with Crippen molar-refractivity contribution in [2.75, 3.05) is 11.5 Å². The first kappa shape index (κ1) is 8.93. The van der Waals surface area contributed by atoms with Gasteiger partial charge in [-0.1, -0.05) is 0 Å². The Hall–Kier alpha value is -1.65.